The van der Waals surface area contributed by atoms with Crippen molar-refractivity contribution in [2.24, 2.45) is 0 Å². The van der Waals surface area contributed by atoms with Crippen LogP contribution >= 0.6 is 0 Å². The molecule has 1 aromatic heterocycles. The minimum Gasteiger partial charge on any atom is -0.493 e. The van der Waals surface area contributed by atoms with Gasteiger partial charge in [0, 0.05) is 6.42 Å². The fraction of sp³-hybridized carbons (Fsp3) is 0.222. The molecule has 1 heterocycles. The van der Waals surface area contributed by atoms with Crippen LogP contribution in [0.4, 0.5) is 0 Å². The van der Waals surface area contributed by atoms with Gasteiger partial charge in [-0.05, 0) is 36.8 Å². The molecule has 5 heteroatoms. The molecule has 3 aromatic rings. The van der Waals surface area contributed by atoms with E-state index in [2.05, 4.69) is 10.3 Å². The van der Waals surface area contributed by atoms with Crippen molar-refractivity contribution in [3.05, 3.63) is 71.5 Å². The number of para-hydroxylation sites is 1. The van der Waals surface area contributed by atoms with Gasteiger partial charge in [-0.3, -0.25) is 0 Å². The van der Waals surface area contributed by atoms with Crippen LogP contribution in [0.5, 0.6) is 5.75 Å². The van der Waals surface area contributed by atoms with E-state index in [1.165, 1.54) is 0 Å². The van der Waals surface area contributed by atoms with Crippen LogP contribution in [-0.4, -0.2) is 26.7 Å². The minimum absolute atomic E-state index is 0.132. The largest absolute Gasteiger partial charge is 0.493 e. The highest BCUT2D eigenvalue weighted by molar-refractivity contribution is 5.36. The van der Waals surface area contributed by atoms with Crippen molar-refractivity contribution in [2.45, 2.75) is 20.0 Å². The topological polar surface area (TPSA) is 60.2 Å². The summed E-state index contributed by atoms with van der Waals surface area (Å²) in [7, 11) is 0. The Labute approximate surface area is 135 Å². The molecular formula is C18H19N3O2. The zero-order valence-corrected chi connectivity index (χ0v) is 13.0. The van der Waals surface area contributed by atoms with E-state index in [9.17, 15) is 5.11 Å². The van der Waals surface area contributed by atoms with E-state index in [4.69, 9.17) is 4.74 Å². The lowest BCUT2D eigenvalue weighted by Gasteiger charge is -2.09. The van der Waals surface area contributed by atoms with E-state index in [1.807, 2.05) is 61.5 Å². The molecule has 5 nitrogen and oxygen atoms in total. The number of nitrogens with zero attached hydrogens (tertiary/aromatic N) is 3. The molecule has 0 bridgehead atoms. The molecule has 3 rings (SSSR count). The maximum atomic E-state index is 9.49. The van der Waals surface area contributed by atoms with Gasteiger partial charge >= 0.3 is 0 Å². The number of aliphatic hydroxyl groups excluding tert-OH is 1. The first-order chi connectivity index (χ1) is 11.3. The zero-order chi connectivity index (χ0) is 16.1. The Kier molecular flexibility index (Phi) is 4.68. The maximum Gasteiger partial charge on any atom is 0.119 e. The van der Waals surface area contributed by atoms with Gasteiger partial charge in [0.25, 0.3) is 0 Å². The number of aryl methyl sites for hydroxylation is 1. The number of hydrogen-bond donors (Lipinski definition) is 1. The van der Waals surface area contributed by atoms with E-state index < -0.39 is 0 Å². The second-order valence-electron chi connectivity index (χ2n) is 5.30. The van der Waals surface area contributed by atoms with E-state index in [1.54, 1.807) is 4.68 Å². The van der Waals surface area contributed by atoms with Crippen molar-refractivity contribution in [3.8, 4) is 11.4 Å². The van der Waals surface area contributed by atoms with Crippen molar-refractivity contribution < 1.29 is 9.84 Å². The van der Waals surface area contributed by atoms with Crippen molar-refractivity contribution in [1.82, 2.24) is 15.0 Å². The van der Waals surface area contributed by atoms with Gasteiger partial charge < -0.3 is 9.84 Å². The SMILES string of the molecule is Cc1cccc(-n2nnc(CO)c2CCOc2ccccc2)c1. The number of aromatic nitrogens is 3. The molecule has 0 aliphatic carbocycles. The molecule has 0 amide bonds. The normalized spacial score (nSPS) is 10.7. The minimum atomic E-state index is -0.132. The molecule has 118 valence electrons. The Morgan fingerprint density at radius 1 is 1.09 bits per heavy atom. The summed E-state index contributed by atoms with van der Waals surface area (Å²) in [5.41, 5.74) is 3.54. The Hall–Kier alpha value is -2.66. The van der Waals surface area contributed by atoms with Gasteiger partial charge in [0.1, 0.15) is 11.4 Å². The third-order valence-electron chi connectivity index (χ3n) is 3.59. The van der Waals surface area contributed by atoms with E-state index in [0.29, 0.717) is 18.7 Å². The van der Waals surface area contributed by atoms with Crippen LogP contribution in [0.2, 0.25) is 0 Å². The van der Waals surface area contributed by atoms with Gasteiger partial charge in [-0.15, -0.1) is 5.10 Å². The van der Waals surface area contributed by atoms with Gasteiger partial charge in [0.2, 0.25) is 0 Å². The first-order valence-electron chi connectivity index (χ1n) is 7.57. The molecule has 2 aromatic carbocycles. The van der Waals surface area contributed by atoms with E-state index >= 15 is 0 Å². The first kappa shape index (κ1) is 15.2. The summed E-state index contributed by atoms with van der Waals surface area (Å²) < 4.78 is 7.51. The van der Waals surface area contributed by atoms with Crippen LogP contribution in [0.25, 0.3) is 5.69 Å². The number of ether oxygens (including phenoxy) is 1. The fourth-order valence-electron chi connectivity index (χ4n) is 2.46. The Morgan fingerprint density at radius 3 is 2.65 bits per heavy atom. The number of rotatable bonds is 6. The molecule has 0 radical (unpaired) electrons. The summed E-state index contributed by atoms with van der Waals surface area (Å²) in [6.45, 7) is 2.40. The van der Waals surface area contributed by atoms with Crippen LogP contribution in [0.1, 0.15) is 17.0 Å². The monoisotopic (exact) mass is 309 g/mol. The summed E-state index contributed by atoms with van der Waals surface area (Å²) in [5, 5.41) is 17.7. The van der Waals surface area contributed by atoms with Crippen LogP contribution < -0.4 is 4.74 Å². The Bertz CT molecular complexity index is 769. The molecule has 0 unspecified atom stereocenters. The quantitative estimate of drug-likeness (QED) is 0.760. The standard InChI is InChI=1S/C18H19N3O2/c1-14-6-5-7-15(12-14)21-18(17(13-22)19-20-21)10-11-23-16-8-3-2-4-9-16/h2-9,12,22H,10-11,13H2,1H3. The molecule has 23 heavy (non-hydrogen) atoms. The highest BCUT2D eigenvalue weighted by Crippen LogP contribution is 2.16. The molecule has 0 aliphatic heterocycles. The van der Waals surface area contributed by atoms with E-state index in [0.717, 1.165) is 22.7 Å². The molecule has 1 N–H and O–H groups in total. The third-order valence-corrected chi connectivity index (χ3v) is 3.59. The third kappa shape index (κ3) is 3.57. The van der Waals surface area contributed by atoms with Gasteiger partial charge in [0.15, 0.2) is 0 Å². The fourth-order valence-corrected chi connectivity index (χ4v) is 2.46. The van der Waals surface area contributed by atoms with Gasteiger partial charge in [-0.1, -0.05) is 35.5 Å². The Morgan fingerprint density at radius 2 is 1.91 bits per heavy atom. The van der Waals surface area contributed by atoms with E-state index in [-0.39, 0.29) is 6.61 Å². The predicted octanol–water partition coefficient (Wildman–Crippen LogP) is 2.69. The summed E-state index contributed by atoms with van der Waals surface area (Å²) in [5.74, 6) is 0.827. The zero-order valence-electron chi connectivity index (χ0n) is 13.0. The van der Waals surface area contributed by atoms with Crippen molar-refractivity contribution in [3.63, 3.8) is 0 Å². The molecular weight excluding hydrogens is 290 g/mol. The number of aliphatic hydroxyl groups is 1. The highest BCUT2D eigenvalue weighted by atomic mass is 16.5. The molecule has 0 saturated carbocycles. The predicted molar refractivity (Wildman–Crippen MR) is 87.7 cm³/mol. The van der Waals surface area contributed by atoms with Crippen LogP contribution in [0.15, 0.2) is 54.6 Å². The molecule has 0 saturated heterocycles. The average molecular weight is 309 g/mol. The summed E-state index contributed by atoms with van der Waals surface area (Å²) in [6, 6.07) is 17.7. The molecule has 0 atom stereocenters. The van der Waals surface area contributed by atoms with Gasteiger partial charge in [-0.2, -0.15) is 0 Å². The number of benzene rings is 2. The lowest BCUT2D eigenvalue weighted by molar-refractivity contribution is 0.273. The summed E-state index contributed by atoms with van der Waals surface area (Å²) in [6.07, 6.45) is 0.617. The highest BCUT2D eigenvalue weighted by Gasteiger charge is 2.13. The second kappa shape index (κ2) is 7.07. The smallest absolute Gasteiger partial charge is 0.119 e. The lowest BCUT2D eigenvalue weighted by Crippen LogP contribution is -2.09. The van der Waals surface area contributed by atoms with Crippen molar-refractivity contribution in [2.75, 3.05) is 6.61 Å². The summed E-state index contributed by atoms with van der Waals surface area (Å²) >= 11 is 0. The van der Waals surface area contributed by atoms with Crippen LogP contribution in [0, 0.1) is 6.92 Å². The van der Waals surface area contributed by atoms with Crippen LogP contribution in [-0.2, 0) is 13.0 Å². The first-order valence-corrected chi connectivity index (χ1v) is 7.57. The van der Waals surface area contributed by atoms with Gasteiger partial charge in [-0.25, -0.2) is 4.68 Å². The van der Waals surface area contributed by atoms with Gasteiger partial charge in [0.05, 0.1) is 24.6 Å². The van der Waals surface area contributed by atoms with Crippen LogP contribution in [0.3, 0.4) is 0 Å². The maximum absolute atomic E-state index is 9.49. The molecule has 0 spiro atoms. The second-order valence-corrected chi connectivity index (χ2v) is 5.30. The molecule has 0 aliphatic rings. The van der Waals surface area contributed by atoms with Crippen molar-refractivity contribution >= 4 is 0 Å². The average Bonchev–Trinajstić information content (AvgIpc) is 2.99. The van der Waals surface area contributed by atoms with Crippen molar-refractivity contribution in [1.29, 1.82) is 0 Å². The number of hydrogen-bond acceptors (Lipinski definition) is 4. The lowest BCUT2D eigenvalue weighted by atomic mass is 10.2. The summed E-state index contributed by atoms with van der Waals surface area (Å²) in [4.78, 5) is 0. The Balaban J connectivity index is 1.79. The molecule has 0 fully saturated rings.